The molecule has 0 spiro atoms. The van der Waals surface area contributed by atoms with Crippen molar-refractivity contribution in [2.45, 2.75) is 4.90 Å². The van der Waals surface area contributed by atoms with Crippen LogP contribution in [0.3, 0.4) is 0 Å². The summed E-state index contributed by atoms with van der Waals surface area (Å²) < 4.78 is 8.47. The van der Waals surface area contributed by atoms with Crippen LogP contribution in [0.1, 0.15) is 0 Å². The molecule has 0 aliphatic carbocycles. The maximum atomic E-state index is 12.5. The van der Waals surface area contributed by atoms with Crippen LogP contribution in [0.5, 0.6) is 5.75 Å². The van der Waals surface area contributed by atoms with E-state index in [0.717, 1.165) is 15.8 Å². The third-order valence-electron chi connectivity index (χ3n) is 4.17. The Morgan fingerprint density at radius 2 is 1.93 bits per heavy atom. The topological polar surface area (TPSA) is 138 Å². The highest BCUT2D eigenvalue weighted by Crippen LogP contribution is 2.37. The van der Waals surface area contributed by atoms with Crippen molar-refractivity contribution in [3.8, 4) is 17.1 Å². The van der Waals surface area contributed by atoms with Crippen molar-refractivity contribution in [3.63, 3.8) is 0 Å². The molecule has 0 fully saturated rings. The summed E-state index contributed by atoms with van der Waals surface area (Å²) in [5, 5.41) is 3.06. The molecular formula is C19H20N6O3S. The van der Waals surface area contributed by atoms with Crippen LogP contribution in [0.2, 0.25) is 0 Å². The number of ether oxygens (including phenoxy) is 1. The molecule has 5 N–H and O–H groups in total. The minimum absolute atomic E-state index is 0.263. The molecule has 9 nitrogen and oxygen atoms in total. The first kappa shape index (κ1) is 20.4. The smallest absolute Gasteiger partial charge is 0.276 e. The number of nitrogen functional groups attached to an aromatic ring is 1. The number of para-hydroxylation sites is 2. The van der Waals surface area contributed by atoms with Gasteiger partial charge in [-0.3, -0.25) is 9.52 Å². The van der Waals surface area contributed by atoms with Crippen LogP contribution < -0.4 is 20.8 Å². The number of fused-ring (bicyclic) bond motifs is 2. The van der Waals surface area contributed by atoms with Crippen molar-refractivity contribution >= 4 is 39.6 Å². The second-order valence-electron chi connectivity index (χ2n) is 5.88. The number of hydrogen-bond acceptors (Lipinski definition) is 8. The third kappa shape index (κ3) is 3.93. The van der Waals surface area contributed by atoms with E-state index in [1.165, 1.54) is 19.0 Å². The van der Waals surface area contributed by atoms with Crippen molar-refractivity contribution in [2.24, 2.45) is 5.18 Å². The molecule has 0 aliphatic rings. The van der Waals surface area contributed by atoms with Gasteiger partial charge < -0.3 is 20.4 Å². The Morgan fingerprint density at radius 1 is 1.21 bits per heavy atom. The van der Waals surface area contributed by atoms with E-state index < -0.39 is 0 Å². The normalized spacial score (nSPS) is 10.6. The molecule has 2 aromatic heterocycles. The number of benzene rings is 2. The summed E-state index contributed by atoms with van der Waals surface area (Å²) in [7, 11) is 4.64. The first-order valence-electron chi connectivity index (χ1n) is 8.57. The number of methoxy groups -OCH3 is 1. The Kier molecular flexibility index (Phi) is 6.15. The fraction of sp³-hybridized carbons (Fsp3) is 0.158. The van der Waals surface area contributed by atoms with Crippen LogP contribution >= 0.6 is 11.9 Å². The molecule has 0 unspecified atom stereocenters. The Labute approximate surface area is 170 Å². The van der Waals surface area contributed by atoms with Crippen LogP contribution in [0.4, 0.5) is 5.69 Å². The van der Waals surface area contributed by atoms with E-state index in [4.69, 9.17) is 15.4 Å². The van der Waals surface area contributed by atoms with Crippen molar-refractivity contribution < 1.29 is 4.74 Å². The van der Waals surface area contributed by atoms with Gasteiger partial charge in [0.25, 0.3) is 5.56 Å². The van der Waals surface area contributed by atoms with Crippen molar-refractivity contribution in [3.05, 3.63) is 51.7 Å². The van der Waals surface area contributed by atoms with Crippen LogP contribution in [-0.2, 0) is 0 Å². The summed E-state index contributed by atoms with van der Waals surface area (Å²) >= 11 is 1.43. The lowest BCUT2D eigenvalue weighted by Gasteiger charge is -2.07. The summed E-state index contributed by atoms with van der Waals surface area (Å²) in [6.07, 6.45) is 0. The molecule has 29 heavy (non-hydrogen) atoms. The first-order valence-corrected chi connectivity index (χ1v) is 9.39. The Balaban J connectivity index is 0.000000755. The van der Waals surface area contributed by atoms with Gasteiger partial charge in [-0.15, -0.1) is 0 Å². The second kappa shape index (κ2) is 8.76. The van der Waals surface area contributed by atoms with Gasteiger partial charge in [0.1, 0.15) is 5.75 Å². The van der Waals surface area contributed by atoms with E-state index in [2.05, 4.69) is 24.9 Å². The van der Waals surface area contributed by atoms with E-state index in [1.54, 1.807) is 7.11 Å². The number of hydrogen-bond donors (Lipinski definition) is 4. The Hall–Kier alpha value is -3.37. The lowest BCUT2D eigenvalue weighted by atomic mass is 10.2. The van der Waals surface area contributed by atoms with E-state index in [9.17, 15) is 4.79 Å². The first-order chi connectivity index (χ1) is 14.0. The average molecular weight is 412 g/mol. The second-order valence-corrected chi connectivity index (χ2v) is 6.93. The van der Waals surface area contributed by atoms with E-state index >= 15 is 0 Å². The van der Waals surface area contributed by atoms with E-state index in [0.29, 0.717) is 28.2 Å². The summed E-state index contributed by atoms with van der Waals surface area (Å²) in [4.78, 5) is 32.5. The predicted molar refractivity (Wildman–Crippen MR) is 117 cm³/mol. The van der Waals surface area contributed by atoms with E-state index in [-0.39, 0.29) is 11.3 Å². The molecule has 4 rings (SSSR count). The summed E-state index contributed by atoms with van der Waals surface area (Å²) in [5.41, 5.74) is 9.46. The summed E-state index contributed by atoms with van der Waals surface area (Å²) in [6.45, 7) is 0. The molecule has 2 heterocycles. The molecule has 10 heteroatoms. The monoisotopic (exact) mass is 412 g/mol. The highest BCUT2D eigenvalue weighted by atomic mass is 32.2. The van der Waals surface area contributed by atoms with Gasteiger partial charge in [-0.25, -0.2) is 4.98 Å². The van der Waals surface area contributed by atoms with Crippen molar-refractivity contribution in [2.75, 3.05) is 26.9 Å². The van der Waals surface area contributed by atoms with Gasteiger partial charge in [0, 0.05) is 11.5 Å². The largest absolute Gasteiger partial charge is 0.495 e. The number of aromatic nitrogens is 3. The number of nitrogens with two attached hydrogens (primary N) is 1. The molecule has 0 atom stereocenters. The highest BCUT2D eigenvalue weighted by Gasteiger charge is 2.18. The summed E-state index contributed by atoms with van der Waals surface area (Å²) in [6, 6.07) is 11.2. The van der Waals surface area contributed by atoms with Crippen LogP contribution in [0.25, 0.3) is 33.3 Å². The average Bonchev–Trinajstić information content (AvgIpc) is 3.03. The lowest BCUT2D eigenvalue weighted by Crippen LogP contribution is -2.12. The molecule has 2 aromatic carbocycles. The lowest BCUT2D eigenvalue weighted by molar-refractivity contribution is 0.405. The number of anilines is 1. The van der Waals surface area contributed by atoms with Crippen molar-refractivity contribution in [1.82, 2.24) is 19.7 Å². The number of H-pyrrole nitrogens is 2. The van der Waals surface area contributed by atoms with Crippen LogP contribution in [0, 0.1) is 4.91 Å². The molecular weight excluding hydrogens is 392 g/mol. The van der Waals surface area contributed by atoms with Gasteiger partial charge in [-0.05, 0) is 37.2 Å². The maximum Gasteiger partial charge on any atom is 0.276 e. The minimum Gasteiger partial charge on any atom is -0.495 e. The predicted octanol–water partition coefficient (Wildman–Crippen LogP) is 3.27. The summed E-state index contributed by atoms with van der Waals surface area (Å²) in [5.74, 6) is 0.713. The quantitative estimate of drug-likeness (QED) is 0.298. The maximum absolute atomic E-state index is 12.5. The van der Waals surface area contributed by atoms with Gasteiger partial charge in [0.05, 0.1) is 47.0 Å². The molecule has 0 amide bonds. The van der Waals surface area contributed by atoms with Gasteiger partial charge in [-0.2, -0.15) is 4.91 Å². The number of nitrogens with zero attached hydrogens (tertiary/aromatic N) is 2. The van der Waals surface area contributed by atoms with E-state index in [1.807, 2.05) is 43.4 Å². The molecule has 0 saturated heterocycles. The SMILES string of the molecule is CN=O.CNSc1cc2c(N)c(-c3nc4ccccc4[nH]c3=O)[nH]c2cc1OC. The van der Waals surface area contributed by atoms with Gasteiger partial charge in [0.15, 0.2) is 5.69 Å². The number of nitrogens with one attached hydrogen (secondary N) is 3. The van der Waals surface area contributed by atoms with Crippen molar-refractivity contribution in [1.29, 1.82) is 0 Å². The zero-order valence-corrected chi connectivity index (χ0v) is 16.9. The zero-order valence-electron chi connectivity index (χ0n) is 16.1. The molecule has 0 bridgehead atoms. The molecule has 0 aliphatic heterocycles. The minimum atomic E-state index is -0.293. The Morgan fingerprint density at radius 3 is 2.62 bits per heavy atom. The fourth-order valence-corrected chi connectivity index (χ4v) is 3.60. The van der Waals surface area contributed by atoms with Gasteiger partial charge >= 0.3 is 0 Å². The molecule has 150 valence electrons. The number of aromatic amines is 2. The molecule has 0 saturated carbocycles. The number of rotatable bonds is 4. The van der Waals surface area contributed by atoms with Gasteiger partial charge in [0.2, 0.25) is 0 Å². The standard InChI is InChI=1S/C18H17N5O2S.CH3NO/c1-20-26-14-7-9-12(8-13(14)25-2)22-16(15(9)19)17-18(24)23-11-6-4-3-5-10(11)21-17;1-2-3/h3-8,20,22H,19H2,1-2H3,(H,23,24);1H3. The third-order valence-corrected chi connectivity index (χ3v) is 4.91. The Bertz CT molecular complexity index is 1230. The van der Waals surface area contributed by atoms with Gasteiger partial charge in [-0.1, -0.05) is 17.3 Å². The van der Waals surface area contributed by atoms with Crippen LogP contribution in [0.15, 0.2) is 51.3 Å². The van der Waals surface area contributed by atoms with Crippen LogP contribution in [-0.4, -0.2) is 36.2 Å². The number of nitroso groups, excluding NO2 is 1. The fourth-order valence-electron chi connectivity index (χ4n) is 2.96. The molecule has 0 radical (unpaired) electrons. The molecule has 4 aromatic rings. The zero-order chi connectivity index (χ0) is 21.0. The highest BCUT2D eigenvalue weighted by molar-refractivity contribution is 7.97.